The van der Waals surface area contributed by atoms with Crippen molar-refractivity contribution in [3.63, 3.8) is 0 Å². The highest BCUT2D eigenvalue weighted by Gasteiger charge is 2.44. The van der Waals surface area contributed by atoms with Crippen molar-refractivity contribution in [1.82, 2.24) is 19.7 Å². The topological polar surface area (TPSA) is 82.0 Å². The fourth-order valence-corrected chi connectivity index (χ4v) is 5.46. The number of ether oxygens (including phenoxy) is 3. The van der Waals surface area contributed by atoms with Gasteiger partial charge in [-0.15, -0.1) is 0 Å². The van der Waals surface area contributed by atoms with Gasteiger partial charge in [-0.1, -0.05) is 6.07 Å². The van der Waals surface area contributed by atoms with Crippen LogP contribution in [0.5, 0.6) is 5.75 Å². The summed E-state index contributed by atoms with van der Waals surface area (Å²) >= 11 is 0. The van der Waals surface area contributed by atoms with Crippen LogP contribution in [0, 0.1) is 24.5 Å². The van der Waals surface area contributed by atoms with E-state index < -0.39 is 22.8 Å². The number of piperazine rings is 1. The van der Waals surface area contributed by atoms with Crippen molar-refractivity contribution in [1.29, 1.82) is 0 Å². The Hall–Kier alpha value is -3.73. The number of amides is 1. The van der Waals surface area contributed by atoms with Crippen molar-refractivity contribution >= 4 is 11.8 Å². The zero-order valence-electron chi connectivity index (χ0n) is 24.0. The maximum absolute atomic E-state index is 14.9. The van der Waals surface area contributed by atoms with Crippen molar-refractivity contribution in [2.24, 2.45) is 5.92 Å². The molecule has 1 amide bonds. The van der Waals surface area contributed by atoms with Gasteiger partial charge in [0, 0.05) is 49.4 Å². The summed E-state index contributed by atoms with van der Waals surface area (Å²) in [5.41, 5.74) is 0.835. The summed E-state index contributed by atoms with van der Waals surface area (Å²) in [4.78, 5) is 20.4. The number of carbonyl (C=O) groups is 1. The second-order valence-corrected chi connectivity index (χ2v) is 11.8. The molecular formula is C30H37F2N5O4. The van der Waals surface area contributed by atoms with Crippen LogP contribution in [-0.4, -0.2) is 70.8 Å². The van der Waals surface area contributed by atoms with Crippen LogP contribution in [0.1, 0.15) is 38.3 Å². The lowest BCUT2D eigenvalue weighted by Gasteiger charge is -2.37. The van der Waals surface area contributed by atoms with E-state index in [1.54, 1.807) is 15.9 Å². The zero-order chi connectivity index (χ0) is 29.2. The first-order chi connectivity index (χ1) is 19.5. The first-order valence-electron chi connectivity index (χ1n) is 13.9. The molecule has 2 aliphatic rings. The summed E-state index contributed by atoms with van der Waals surface area (Å²) in [6.45, 7) is 11.2. The van der Waals surface area contributed by atoms with E-state index >= 15 is 0 Å². The summed E-state index contributed by atoms with van der Waals surface area (Å²) in [5.74, 6) is -0.528. The third-order valence-corrected chi connectivity index (χ3v) is 7.45. The van der Waals surface area contributed by atoms with Gasteiger partial charge in [0.25, 0.3) is 0 Å². The molecule has 5 rings (SSSR count). The number of benzene rings is 2. The number of hydrogen-bond donors (Lipinski definition) is 0. The maximum Gasteiger partial charge on any atom is 0.410 e. The minimum Gasteiger partial charge on any atom is -0.493 e. The Morgan fingerprint density at radius 2 is 1.90 bits per heavy atom. The normalized spacial score (nSPS) is 21.3. The molecule has 220 valence electrons. The summed E-state index contributed by atoms with van der Waals surface area (Å²) < 4.78 is 48.1. The smallest absolute Gasteiger partial charge is 0.410 e. The molecule has 3 heterocycles. The molecule has 0 spiro atoms. The second kappa shape index (κ2) is 11.6. The van der Waals surface area contributed by atoms with Gasteiger partial charge in [-0.25, -0.2) is 23.2 Å². The van der Waals surface area contributed by atoms with Gasteiger partial charge in [0.05, 0.1) is 19.8 Å². The predicted octanol–water partition coefficient (Wildman–Crippen LogP) is 4.93. The van der Waals surface area contributed by atoms with E-state index in [9.17, 15) is 13.6 Å². The Labute approximate surface area is 239 Å². The van der Waals surface area contributed by atoms with Crippen molar-refractivity contribution in [2.75, 3.05) is 44.3 Å². The highest BCUT2D eigenvalue weighted by molar-refractivity contribution is 5.68. The van der Waals surface area contributed by atoms with Gasteiger partial charge in [-0.2, -0.15) is 5.10 Å². The molecule has 2 atom stereocenters. The number of hydrogen-bond acceptors (Lipinski definition) is 7. The fourth-order valence-electron chi connectivity index (χ4n) is 5.46. The van der Waals surface area contributed by atoms with E-state index in [-0.39, 0.29) is 18.6 Å². The molecule has 11 heteroatoms. The van der Waals surface area contributed by atoms with E-state index in [4.69, 9.17) is 14.2 Å². The average Bonchev–Trinajstić information content (AvgIpc) is 3.58. The molecule has 0 bridgehead atoms. The van der Waals surface area contributed by atoms with Crippen molar-refractivity contribution in [2.45, 2.75) is 51.9 Å². The maximum atomic E-state index is 14.9. The molecule has 0 saturated carbocycles. The monoisotopic (exact) mass is 569 g/mol. The summed E-state index contributed by atoms with van der Waals surface area (Å²) in [6, 6.07) is 9.65. The highest BCUT2D eigenvalue weighted by atomic mass is 19.1. The van der Waals surface area contributed by atoms with Crippen LogP contribution in [0.15, 0.2) is 49.1 Å². The van der Waals surface area contributed by atoms with E-state index in [1.807, 2.05) is 39.8 Å². The SMILES string of the molecule is Cc1cc(N2CCN(C(=O)OC(C)(C)C)CC2)ccc1OC[C@@H]1CO[C@@](Cn2cncn2)(c2ccc(F)cc2F)C1. The number of anilines is 1. The lowest BCUT2D eigenvalue weighted by molar-refractivity contribution is -0.0206. The summed E-state index contributed by atoms with van der Waals surface area (Å²) in [7, 11) is 0. The van der Waals surface area contributed by atoms with Gasteiger partial charge in [0.1, 0.15) is 41.2 Å². The molecule has 0 unspecified atom stereocenters. The van der Waals surface area contributed by atoms with Crippen molar-refractivity contribution in [3.8, 4) is 5.75 Å². The van der Waals surface area contributed by atoms with E-state index in [0.29, 0.717) is 51.4 Å². The van der Waals surface area contributed by atoms with Crippen LogP contribution >= 0.6 is 0 Å². The molecule has 3 aromatic rings. The molecular weight excluding hydrogens is 532 g/mol. The van der Waals surface area contributed by atoms with Crippen LogP contribution in [-0.2, 0) is 21.6 Å². The fraction of sp³-hybridized carbons (Fsp3) is 0.500. The van der Waals surface area contributed by atoms with E-state index in [2.05, 4.69) is 21.0 Å². The Morgan fingerprint density at radius 1 is 1.12 bits per heavy atom. The van der Waals surface area contributed by atoms with Crippen LogP contribution in [0.2, 0.25) is 0 Å². The predicted molar refractivity (Wildman–Crippen MR) is 149 cm³/mol. The minimum atomic E-state index is -1.01. The number of rotatable bonds is 7. The number of halogens is 2. The van der Waals surface area contributed by atoms with Crippen LogP contribution in [0.25, 0.3) is 0 Å². The zero-order valence-corrected chi connectivity index (χ0v) is 24.0. The van der Waals surface area contributed by atoms with Gasteiger partial charge < -0.3 is 24.0 Å². The quantitative estimate of drug-likeness (QED) is 0.399. The van der Waals surface area contributed by atoms with Crippen LogP contribution in [0.3, 0.4) is 0 Å². The largest absolute Gasteiger partial charge is 0.493 e. The van der Waals surface area contributed by atoms with Gasteiger partial charge >= 0.3 is 6.09 Å². The molecule has 2 aliphatic heterocycles. The second-order valence-electron chi connectivity index (χ2n) is 11.8. The molecule has 1 aromatic heterocycles. The molecule has 0 radical (unpaired) electrons. The Morgan fingerprint density at radius 3 is 2.56 bits per heavy atom. The number of nitrogens with zero attached hydrogens (tertiary/aromatic N) is 5. The summed E-state index contributed by atoms with van der Waals surface area (Å²) in [6.07, 6.45) is 3.17. The lowest BCUT2D eigenvalue weighted by atomic mass is 9.87. The third-order valence-electron chi connectivity index (χ3n) is 7.45. The third kappa shape index (κ3) is 6.78. The molecule has 2 aromatic carbocycles. The Bertz CT molecular complexity index is 1360. The highest BCUT2D eigenvalue weighted by Crippen LogP contribution is 2.42. The number of aromatic nitrogens is 3. The van der Waals surface area contributed by atoms with E-state index in [0.717, 1.165) is 23.1 Å². The molecule has 0 aliphatic carbocycles. The van der Waals surface area contributed by atoms with E-state index in [1.165, 1.54) is 18.5 Å². The molecule has 2 saturated heterocycles. The van der Waals surface area contributed by atoms with Crippen LogP contribution < -0.4 is 9.64 Å². The molecule has 2 fully saturated rings. The van der Waals surface area contributed by atoms with Gasteiger partial charge in [-0.05, 0) is 63.9 Å². The van der Waals surface area contributed by atoms with Crippen molar-refractivity contribution < 1.29 is 27.8 Å². The number of carbonyl (C=O) groups excluding carboxylic acids is 1. The van der Waals surface area contributed by atoms with Gasteiger partial charge in [-0.3, -0.25) is 0 Å². The van der Waals surface area contributed by atoms with Crippen LogP contribution in [0.4, 0.5) is 19.3 Å². The minimum absolute atomic E-state index is 0.0111. The molecule has 9 nitrogen and oxygen atoms in total. The first-order valence-corrected chi connectivity index (χ1v) is 13.9. The average molecular weight is 570 g/mol. The van der Waals surface area contributed by atoms with Gasteiger partial charge in [0.15, 0.2) is 0 Å². The Kier molecular flexibility index (Phi) is 8.17. The lowest BCUT2D eigenvalue weighted by Crippen LogP contribution is -2.50. The molecule has 0 N–H and O–H groups in total. The standard InChI is InChI=1S/C30H37F2N5O4/c1-21-13-24(35-9-11-36(12-10-35)28(38)41-29(2,3)4)6-8-27(21)39-16-22-15-30(40-17-22,18-37-20-33-19-34-37)25-7-5-23(31)14-26(25)32/h5-8,13-14,19-20,22H,9-12,15-18H2,1-4H3/t22-,30+/m1/s1. The number of aryl methyl sites for hydroxylation is 1. The molecule has 41 heavy (non-hydrogen) atoms. The Balaban J connectivity index is 1.20. The summed E-state index contributed by atoms with van der Waals surface area (Å²) in [5, 5.41) is 4.17. The first kappa shape index (κ1) is 28.8. The van der Waals surface area contributed by atoms with Crippen molar-refractivity contribution in [3.05, 3.63) is 71.8 Å². The van der Waals surface area contributed by atoms with Gasteiger partial charge in [0.2, 0.25) is 0 Å².